The smallest absolute Gasteiger partial charge is 0.257 e. The number of benzene rings is 2. The first-order valence-electron chi connectivity index (χ1n) is 10.0. The van der Waals surface area contributed by atoms with Crippen molar-refractivity contribution in [3.05, 3.63) is 65.0 Å². The van der Waals surface area contributed by atoms with Gasteiger partial charge < -0.3 is 4.90 Å². The van der Waals surface area contributed by atoms with Crippen molar-refractivity contribution < 1.29 is 4.79 Å². The summed E-state index contributed by atoms with van der Waals surface area (Å²) in [7, 11) is 0. The number of rotatable bonds is 6. The molecule has 1 amide bonds. The second kappa shape index (κ2) is 8.78. The molecule has 2 aromatic carbocycles. The highest BCUT2D eigenvalue weighted by atomic mass is 32.1. The van der Waals surface area contributed by atoms with E-state index in [2.05, 4.69) is 74.1 Å². The fourth-order valence-electron chi connectivity index (χ4n) is 3.19. The molecule has 29 heavy (non-hydrogen) atoms. The van der Waals surface area contributed by atoms with E-state index in [9.17, 15) is 4.79 Å². The van der Waals surface area contributed by atoms with Crippen molar-refractivity contribution >= 4 is 28.1 Å². The summed E-state index contributed by atoms with van der Waals surface area (Å²) >= 11 is 1.44. The Kier molecular flexibility index (Phi) is 6.38. The van der Waals surface area contributed by atoms with Crippen LogP contribution >= 0.6 is 11.3 Å². The lowest BCUT2D eigenvalue weighted by Gasteiger charge is -2.20. The Balaban J connectivity index is 1.69. The molecule has 1 heterocycles. The van der Waals surface area contributed by atoms with Crippen LogP contribution in [0.5, 0.6) is 0 Å². The summed E-state index contributed by atoms with van der Waals surface area (Å²) in [5.41, 5.74) is 5.11. The number of amides is 1. The van der Waals surface area contributed by atoms with E-state index in [4.69, 9.17) is 0 Å². The number of hydrogen-bond acceptors (Lipinski definition) is 4. The molecule has 0 aliphatic heterocycles. The summed E-state index contributed by atoms with van der Waals surface area (Å²) in [6, 6.07) is 16.2. The van der Waals surface area contributed by atoms with Crippen molar-refractivity contribution in [2.45, 2.75) is 40.0 Å². The molecule has 5 heteroatoms. The molecule has 0 bridgehead atoms. The normalized spacial score (nSPS) is 11.3. The summed E-state index contributed by atoms with van der Waals surface area (Å²) in [5.74, 6) is -0.139. The van der Waals surface area contributed by atoms with Gasteiger partial charge >= 0.3 is 0 Å². The molecule has 0 spiro atoms. The minimum Gasteiger partial charge on any atom is -0.372 e. The molecular weight excluding hydrogens is 378 g/mol. The summed E-state index contributed by atoms with van der Waals surface area (Å²) < 4.78 is 0. The van der Waals surface area contributed by atoms with Crippen LogP contribution in [-0.2, 0) is 5.41 Å². The predicted octanol–water partition coefficient (Wildman–Crippen LogP) is 6.21. The summed E-state index contributed by atoms with van der Waals surface area (Å²) in [6.45, 7) is 12.7. The van der Waals surface area contributed by atoms with Gasteiger partial charge in [0.2, 0.25) is 0 Å². The van der Waals surface area contributed by atoms with Gasteiger partial charge in [0.1, 0.15) is 0 Å². The van der Waals surface area contributed by atoms with Gasteiger partial charge in [-0.3, -0.25) is 10.1 Å². The zero-order valence-corrected chi connectivity index (χ0v) is 18.6. The Morgan fingerprint density at radius 1 is 1.00 bits per heavy atom. The lowest BCUT2D eigenvalue weighted by molar-refractivity contribution is 0.102. The van der Waals surface area contributed by atoms with Crippen LogP contribution in [0.4, 0.5) is 10.8 Å². The van der Waals surface area contributed by atoms with Crippen LogP contribution in [-0.4, -0.2) is 24.0 Å². The van der Waals surface area contributed by atoms with Crippen molar-refractivity contribution in [2.24, 2.45) is 0 Å². The third-order valence-electron chi connectivity index (χ3n) is 5.03. The van der Waals surface area contributed by atoms with Crippen LogP contribution in [0.2, 0.25) is 0 Å². The van der Waals surface area contributed by atoms with Gasteiger partial charge in [-0.1, -0.05) is 45.0 Å². The number of aromatic nitrogens is 1. The van der Waals surface area contributed by atoms with E-state index in [1.54, 1.807) is 0 Å². The highest BCUT2D eigenvalue weighted by molar-refractivity contribution is 7.14. The fraction of sp³-hybridized carbons (Fsp3) is 0.333. The lowest BCUT2D eigenvalue weighted by atomic mass is 9.86. The Labute approximate surface area is 177 Å². The molecule has 0 radical (unpaired) electrons. The van der Waals surface area contributed by atoms with E-state index in [1.807, 2.05) is 29.6 Å². The molecule has 0 saturated heterocycles. The number of anilines is 2. The molecule has 0 aliphatic rings. The van der Waals surface area contributed by atoms with Crippen molar-refractivity contribution in [3.63, 3.8) is 0 Å². The van der Waals surface area contributed by atoms with E-state index in [0.29, 0.717) is 10.7 Å². The van der Waals surface area contributed by atoms with E-state index in [1.165, 1.54) is 16.9 Å². The number of hydrogen-bond donors (Lipinski definition) is 1. The number of nitrogens with one attached hydrogen (secondary N) is 1. The topological polar surface area (TPSA) is 45.2 Å². The van der Waals surface area contributed by atoms with E-state index >= 15 is 0 Å². The molecule has 3 rings (SSSR count). The number of thiazole rings is 1. The Bertz CT molecular complexity index is 949. The third-order valence-corrected chi connectivity index (χ3v) is 5.79. The molecule has 0 saturated carbocycles. The van der Waals surface area contributed by atoms with Crippen LogP contribution < -0.4 is 10.2 Å². The minimum atomic E-state index is -0.139. The molecule has 3 aromatic rings. The Morgan fingerprint density at radius 2 is 1.62 bits per heavy atom. The Morgan fingerprint density at radius 3 is 2.17 bits per heavy atom. The van der Waals surface area contributed by atoms with Gasteiger partial charge in [0.15, 0.2) is 5.13 Å². The summed E-state index contributed by atoms with van der Waals surface area (Å²) in [4.78, 5) is 19.4. The predicted molar refractivity (Wildman–Crippen MR) is 124 cm³/mol. The van der Waals surface area contributed by atoms with Crippen LogP contribution in [0, 0.1) is 0 Å². The Hall–Kier alpha value is -2.66. The van der Waals surface area contributed by atoms with Gasteiger partial charge in [-0.15, -0.1) is 11.3 Å². The van der Waals surface area contributed by atoms with Crippen molar-refractivity contribution in [1.82, 2.24) is 4.98 Å². The maximum absolute atomic E-state index is 12.6. The van der Waals surface area contributed by atoms with Gasteiger partial charge in [-0.25, -0.2) is 4.98 Å². The highest BCUT2D eigenvalue weighted by Crippen LogP contribution is 2.28. The minimum absolute atomic E-state index is 0.126. The molecular formula is C24H29N3OS. The standard InChI is InChI=1S/C24H29N3OS/c1-6-27(7-2)20-14-10-18(11-15-20)22(28)26-23-25-21(16-29-23)17-8-12-19(13-9-17)24(3,4)5/h8-16H,6-7H2,1-5H3,(H,25,26,28). The maximum atomic E-state index is 12.6. The molecule has 4 nitrogen and oxygen atoms in total. The quantitative estimate of drug-likeness (QED) is 0.529. The SMILES string of the molecule is CCN(CC)c1ccc(C(=O)Nc2nc(-c3ccc(C(C)(C)C)cc3)cs2)cc1. The van der Waals surface area contributed by atoms with E-state index in [0.717, 1.165) is 30.0 Å². The van der Waals surface area contributed by atoms with Gasteiger partial charge in [-0.2, -0.15) is 0 Å². The maximum Gasteiger partial charge on any atom is 0.257 e. The zero-order chi connectivity index (χ0) is 21.0. The first-order chi connectivity index (χ1) is 13.8. The molecule has 1 aromatic heterocycles. The zero-order valence-electron chi connectivity index (χ0n) is 17.8. The molecule has 0 aliphatic carbocycles. The molecule has 1 N–H and O–H groups in total. The number of carbonyl (C=O) groups excluding carboxylic acids is 1. The second-order valence-corrected chi connectivity index (χ2v) is 8.90. The average molecular weight is 408 g/mol. The van der Waals surface area contributed by atoms with Crippen molar-refractivity contribution in [2.75, 3.05) is 23.3 Å². The van der Waals surface area contributed by atoms with E-state index < -0.39 is 0 Å². The second-order valence-electron chi connectivity index (χ2n) is 8.04. The first-order valence-corrected chi connectivity index (χ1v) is 10.9. The van der Waals surface area contributed by atoms with Crippen LogP contribution in [0.3, 0.4) is 0 Å². The molecule has 0 atom stereocenters. The molecule has 0 unspecified atom stereocenters. The first kappa shape index (κ1) is 21.1. The average Bonchev–Trinajstić information content (AvgIpc) is 3.17. The van der Waals surface area contributed by atoms with Crippen molar-refractivity contribution in [1.29, 1.82) is 0 Å². The monoisotopic (exact) mass is 407 g/mol. The lowest BCUT2D eigenvalue weighted by Crippen LogP contribution is -2.21. The highest BCUT2D eigenvalue weighted by Gasteiger charge is 2.14. The van der Waals surface area contributed by atoms with Crippen molar-refractivity contribution in [3.8, 4) is 11.3 Å². The molecule has 0 fully saturated rings. The summed E-state index contributed by atoms with van der Waals surface area (Å²) in [6.07, 6.45) is 0. The number of nitrogens with zero attached hydrogens (tertiary/aromatic N) is 2. The van der Waals surface area contributed by atoms with Crippen LogP contribution in [0.1, 0.15) is 50.5 Å². The molecule has 152 valence electrons. The van der Waals surface area contributed by atoms with Gasteiger partial charge in [0.25, 0.3) is 5.91 Å². The van der Waals surface area contributed by atoms with Crippen LogP contribution in [0.25, 0.3) is 11.3 Å². The van der Waals surface area contributed by atoms with Gasteiger partial charge in [0, 0.05) is 35.3 Å². The fourth-order valence-corrected chi connectivity index (χ4v) is 3.90. The van der Waals surface area contributed by atoms with Crippen LogP contribution in [0.15, 0.2) is 53.9 Å². The van der Waals surface area contributed by atoms with Gasteiger partial charge in [0.05, 0.1) is 5.69 Å². The third kappa shape index (κ3) is 5.04. The van der Waals surface area contributed by atoms with E-state index in [-0.39, 0.29) is 11.3 Å². The number of carbonyl (C=O) groups is 1. The largest absolute Gasteiger partial charge is 0.372 e. The van der Waals surface area contributed by atoms with Gasteiger partial charge in [-0.05, 0) is 49.1 Å². The summed E-state index contributed by atoms with van der Waals surface area (Å²) in [5, 5.41) is 5.50.